The van der Waals surface area contributed by atoms with Crippen molar-refractivity contribution in [2.45, 2.75) is 36.9 Å². The predicted octanol–water partition coefficient (Wildman–Crippen LogP) is -1.03. The van der Waals surface area contributed by atoms with Gasteiger partial charge in [0.15, 0.2) is 0 Å². The summed E-state index contributed by atoms with van der Waals surface area (Å²) >= 11 is 0. The van der Waals surface area contributed by atoms with Crippen molar-refractivity contribution in [2.75, 3.05) is 6.54 Å². The molecular weight excluding hydrogens is 234 g/mol. The van der Waals surface area contributed by atoms with Crippen LogP contribution < -0.4 is 0 Å². The predicted molar refractivity (Wildman–Crippen MR) is 52.7 cm³/mol. The summed E-state index contributed by atoms with van der Waals surface area (Å²) in [5.74, 6) is -4.17. The normalized spacial score (nSPS) is 37.2. The van der Waals surface area contributed by atoms with Crippen LogP contribution in [0.1, 0.15) is 12.8 Å². The molecule has 1 heterocycles. The first-order valence-corrected chi connectivity index (χ1v) is 4.91. The average Bonchev–Trinajstić information content (AvgIpc) is 2.25. The van der Waals surface area contributed by atoms with Crippen molar-refractivity contribution >= 4 is 5.97 Å². The lowest BCUT2D eigenvalue weighted by molar-refractivity contribution is -0.294. The van der Waals surface area contributed by atoms with Crippen molar-refractivity contribution in [2.24, 2.45) is 5.11 Å². The number of rotatable bonds is 4. The number of ether oxygens (including phenoxy) is 1. The van der Waals surface area contributed by atoms with Crippen molar-refractivity contribution in [1.29, 1.82) is 0 Å². The summed E-state index contributed by atoms with van der Waals surface area (Å²) in [6, 6.07) is 0. The third-order valence-electron chi connectivity index (χ3n) is 2.52. The van der Waals surface area contributed by atoms with E-state index < -0.39 is 36.5 Å². The molecule has 9 nitrogen and oxygen atoms in total. The number of carboxylic acids is 1. The lowest BCUT2D eigenvalue weighted by Gasteiger charge is -2.39. The molecule has 0 saturated carbocycles. The van der Waals surface area contributed by atoms with Gasteiger partial charge in [-0.05, 0) is 12.0 Å². The zero-order valence-electron chi connectivity index (χ0n) is 8.80. The summed E-state index contributed by atoms with van der Waals surface area (Å²) in [7, 11) is 0. The standard InChI is InChI=1S/C8H13N3O6/c9-11-10-2-1-5-6(13)4(12)3-8(16,17-5)7(14)15/h4-6,12-13,16H,1-3H2,(H,14,15)/t4?,5?,6-,8?/m1/s1. The van der Waals surface area contributed by atoms with Gasteiger partial charge < -0.3 is 25.2 Å². The minimum absolute atomic E-state index is 0.00211. The Balaban J connectivity index is 2.74. The van der Waals surface area contributed by atoms with Crippen molar-refractivity contribution in [3.8, 4) is 0 Å². The highest BCUT2D eigenvalue weighted by molar-refractivity contribution is 5.75. The Hall–Kier alpha value is -1.38. The van der Waals surface area contributed by atoms with E-state index in [-0.39, 0.29) is 13.0 Å². The fraction of sp³-hybridized carbons (Fsp3) is 0.875. The molecule has 0 aromatic heterocycles. The van der Waals surface area contributed by atoms with E-state index >= 15 is 0 Å². The number of azide groups is 1. The van der Waals surface area contributed by atoms with Gasteiger partial charge in [0.2, 0.25) is 0 Å². The first-order valence-electron chi connectivity index (χ1n) is 4.91. The minimum Gasteiger partial charge on any atom is -0.477 e. The molecule has 1 saturated heterocycles. The molecule has 1 aliphatic heterocycles. The molecule has 0 aromatic carbocycles. The van der Waals surface area contributed by atoms with Crippen LogP contribution in [0, 0.1) is 0 Å². The van der Waals surface area contributed by atoms with Gasteiger partial charge in [0.25, 0.3) is 5.79 Å². The molecular formula is C8H13N3O6. The quantitative estimate of drug-likeness (QED) is 0.282. The van der Waals surface area contributed by atoms with E-state index in [0.29, 0.717) is 0 Å². The summed E-state index contributed by atoms with van der Waals surface area (Å²) in [5, 5.41) is 40.5. The number of aliphatic hydroxyl groups excluding tert-OH is 2. The third kappa shape index (κ3) is 3.05. The molecule has 1 fully saturated rings. The van der Waals surface area contributed by atoms with Crippen molar-refractivity contribution in [1.82, 2.24) is 0 Å². The van der Waals surface area contributed by atoms with Gasteiger partial charge in [-0.25, -0.2) is 4.79 Å². The molecule has 96 valence electrons. The van der Waals surface area contributed by atoms with Gasteiger partial charge >= 0.3 is 5.97 Å². The van der Waals surface area contributed by atoms with Crippen LogP contribution in [0.3, 0.4) is 0 Å². The van der Waals surface area contributed by atoms with E-state index in [1.807, 2.05) is 0 Å². The van der Waals surface area contributed by atoms with Crippen LogP contribution >= 0.6 is 0 Å². The van der Waals surface area contributed by atoms with Crippen molar-refractivity contribution in [3.05, 3.63) is 10.4 Å². The van der Waals surface area contributed by atoms with Crippen LogP contribution in [-0.4, -0.2) is 57.0 Å². The molecule has 4 N–H and O–H groups in total. The molecule has 9 heteroatoms. The second-order valence-corrected chi connectivity index (χ2v) is 3.75. The van der Waals surface area contributed by atoms with Crippen LogP contribution in [0.5, 0.6) is 0 Å². The van der Waals surface area contributed by atoms with E-state index in [1.165, 1.54) is 0 Å². The largest absolute Gasteiger partial charge is 0.477 e. The number of carbonyl (C=O) groups is 1. The summed E-state index contributed by atoms with van der Waals surface area (Å²) in [4.78, 5) is 13.2. The fourth-order valence-electron chi connectivity index (χ4n) is 1.62. The molecule has 0 radical (unpaired) electrons. The molecule has 17 heavy (non-hydrogen) atoms. The maximum absolute atomic E-state index is 10.8. The molecule has 1 aliphatic rings. The van der Waals surface area contributed by atoms with Gasteiger partial charge in [0, 0.05) is 17.9 Å². The number of hydrogen-bond donors (Lipinski definition) is 4. The first kappa shape index (κ1) is 13.7. The summed E-state index contributed by atoms with van der Waals surface area (Å²) < 4.78 is 4.83. The number of nitrogens with zero attached hydrogens (tertiary/aromatic N) is 3. The van der Waals surface area contributed by atoms with Gasteiger partial charge in [-0.3, -0.25) is 0 Å². The Bertz CT molecular complexity index is 344. The molecule has 0 spiro atoms. The van der Waals surface area contributed by atoms with Gasteiger partial charge in [-0.2, -0.15) is 0 Å². The third-order valence-corrected chi connectivity index (χ3v) is 2.52. The first-order chi connectivity index (χ1) is 7.90. The lowest BCUT2D eigenvalue weighted by atomic mass is 9.94. The zero-order valence-corrected chi connectivity index (χ0v) is 8.80. The van der Waals surface area contributed by atoms with E-state index in [0.717, 1.165) is 0 Å². The van der Waals surface area contributed by atoms with Gasteiger partial charge in [0.1, 0.15) is 6.10 Å². The van der Waals surface area contributed by atoms with Gasteiger partial charge in [0.05, 0.1) is 12.2 Å². The van der Waals surface area contributed by atoms with Crippen molar-refractivity contribution in [3.63, 3.8) is 0 Å². The van der Waals surface area contributed by atoms with Crippen molar-refractivity contribution < 1.29 is 30.0 Å². The Morgan fingerprint density at radius 2 is 2.24 bits per heavy atom. The second kappa shape index (κ2) is 5.30. The molecule has 0 amide bonds. The number of aliphatic carboxylic acids is 1. The van der Waals surface area contributed by atoms with Gasteiger partial charge in [-0.15, -0.1) is 0 Å². The minimum atomic E-state index is -2.53. The Kier molecular flexibility index (Phi) is 4.27. The van der Waals surface area contributed by atoms with Crippen LogP contribution in [-0.2, 0) is 9.53 Å². The molecule has 0 aromatic rings. The maximum Gasteiger partial charge on any atom is 0.364 e. The Labute approximate surface area is 95.9 Å². The van der Waals surface area contributed by atoms with Gasteiger partial charge in [-0.1, -0.05) is 5.11 Å². The van der Waals surface area contributed by atoms with E-state index in [1.54, 1.807) is 0 Å². The molecule has 0 aliphatic carbocycles. The monoisotopic (exact) mass is 247 g/mol. The summed E-state index contributed by atoms with van der Waals surface area (Å²) in [6.07, 6.45) is -4.48. The number of hydrogen-bond acceptors (Lipinski definition) is 6. The zero-order chi connectivity index (χ0) is 13.1. The topological polar surface area (TPSA) is 156 Å². The average molecular weight is 247 g/mol. The summed E-state index contributed by atoms with van der Waals surface area (Å²) in [6.45, 7) is -0.0410. The lowest BCUT2D eigenvalue weighted by Crippen LogP contribution is -2.58. The van der Waals surface area contributed by atoms with E-state index in [4.69, 9.17) is 15.4 Å². The highest BCUT2D eigenvalue weighted by Crippen LogP contribution is 2.29. The molecule has 4 atom stereocenters. The second-order valence-electron chi connectivity index (χ2n) is 3.75. The maximum atomic E-state index is 10.8. The molecule has 3 unspecified atom stereocenters. The van der Waals surface area contributed by atoms with Crippen LogP contribution in [0.15, 0.2) is 5.11 Å². The Morgan fingerprint density at radius 1 is 1.59 bits per heavy atom. The van der Waals surface area contributed by atoms with Crippen LogP contribution in [0.2, 0.25) is 0 Å². The SMILES string of the molecule is [N-]=[N+]=NCCC1OC(O)(C(=O)O)CC(O)[C@H]1O. The number of aliphatic hydroxyl groups is 3. The van der Waals surface area contributed by atoms with E-state index in [9.17, 15) is 20.1 Å². The van der Waals surface area contributed by atoms with E-state index in [2.05, 4.69) is 10.0 Å². The van der Waals surface area contributed by atoms with Crippen LogP contribution in [0.25, 0.3) is 10.4 Å². The van der Waals surface area contributed by atoms with Crippen LogP contribution in [0.4, 0.5) is 0 Å². The highest BCUT2D eigenvalue weighted by atomic mass is 16.7. The Morgan fingerprint density at radius 3 is 2.76 bits per heavy atom. The smallest absolute Gasteiger partial charge is 0.364 e. The number of carboxylic acid groups (broad SMARTS) is 1. The molecule has 1 rings (SSSR count). The summed E-state index contributed by atoms with van der Waals surface area (Å²) in [5.41, 5.74) is 8.07. The fourth-order valence-corrected chi connectivity index (χ4v) is 1.62. The highest BCUT2D eigenvalue weighted by Gasteiger charge is 2.49. The molecule has 0 bridgehead atoms.